The highest BCUT2D eigenvalue weighted by Crippen LogP contribution is 2.25. The maximum atomic E-state index is 13.0. The molecule has 17 heavy (non-hydrogen) atoms. The zero-order valence-electron chi connectivity index (χ0n) is 8.65. The summed E-state index contributed by atoms with van der Waals surface area (Å²) in [7, 11) is 0. The Morgan fingerprint density at radius 1 is 1.35 bits per heavy atom. The van der Waals surface area contributed by atoms with Crippen LogP contribution in [0.4, 0.5) is 13.2 Å². The van der Waals surface area contributed by atoms with Crippen LogP contribution in [0.15, 0.2) is 30.5 Å². The number of rotatable bonds is 3. The third kappa shape index (κ3) is 2.16. The molecular weight excluding hydrogens is 233 g/mol. The van der Waals surface area contributed by atoms with Gasteiger partial charge in [-0.25, -0.2) is 17.9 Å². The lowest BCUT2D eigenvalue weighted by Crippen LogP contribution is -2.04. The predicted octanol–water partition coefficient (Wildman–Crippen LogP) is 2.44. The highest BCUT2D eigenvalue weighted by atomic mass is 19.3. The Labute approximate surface area is 95.1 Å². The Balaban J connectivity index is 2.56. The van der Waals surface area contributed by atoms with E-state index in [4.69, 9.17) is 5.11 Å². The summed E-state index contributed by atoms with van der Waals surface area (Å²) in [5, 5.41) is 12.7. The molecule has 0 saturated carbocycles. The first-order valence-electron chi connectivity index (χ1n) is 4.85. The molecule has 0 saturated heterocycles. The molecule has 1 N–H and O–H groups in total. The van der Waals surface area contributed by atoms with Crippen molar-refractivity contribution in [2.24, 2.45) is 0 Å². The quantitative estimate of drug-likeness (QED) is 0.897. The van der Waals surface area contributed by atoms with Crippen LogP contribution in [0, 0.1) is 5.82 Å². The van der Waals surface area contributed by atoms with Crippen molar-refractivity contribution in [3.63, 3.8) is 0 Å². The van der Waals surface area contributed by atoms with E-state index in [0.29, 0.717) is 0 Å². The average Bonchev–Trinajstić information content (AvgIpc) is 2.72. The van der Waals surface area contributed by atoms with Gasteiger partial charge in [0, 0.05) is 5.56 Å². The first kappa shape index (κ1) is 11.7. The Hall–Kier alpha value is -1.82. The van der Waals surface area contributed by atoms with Crippen LogP contribution in [0.1, 0.15) is 17.7 Å². The fourth-order valence-corrected chi connectivity index (χ4v) is 1.56. The molecule has 1 heterocycles. The molecule has 0 aliphatic heterocycles. The highest BCUT2D eigenvalue weighted by molar-refractivity contribution is 5.35. The van der Waals surface area contributed by atoms with Crippen LogP contribution >= 0.6 is 0 Å². The molecule has 0 aliphatic carbocycles. The van der Waals surface area contributed by atoms with Crippen LogP contribution in [0.3, 0.4) is 0 Å². The number of benzene rings is 1. The van der Waals surface area contributed by atoms with E-state index < -0.39 is 24.5 Å². The van der Waals surface area contributed by atoms with Crippen molar-refractivity contribution in [3.05, 3.63) is 47.5 Å². The zero-order chi connectivity index (χ0) is 12.4. The van der Waals surface area contributed by atoms with Crippen molar-refractivity contribution in [3.8, 4) is 5.69 Å². The van der Waals surface area contributed by atoms with Crippen LogP contribution in [0.25, 0.3) is 5.69 Å². The average molecular weight is 242 g/mol. The summed E-state index contributed by atoms with van der Waals surface area (Å²) in [5.74, 6) is -0.538. The molecule has 1 aromatic carbocycles. The molecule has 0 unspecified atom stereocenters. The van der Waals surface area contributed by atoms with Gasteiger partial charge >= 0.3 is 0 Å². The van der Waals surface area contributed by atoms with Crippen LogP contribution in [0.2, 0.25) is 0 Å². The molecule has 2 rings (SSSR count). The minimum Gasteiger partial charge on any atom is -0.392 e. The van der Waals surface area contributed by atoms with E-state index in [1.807, 2.05) is 0 Å². The molecule has 6 heteroatoms. The second kappa shape index (κ2) is 4.58. The third-order valence-electron chi connectivity index (χ3n) is 2.32. The van der Waals surface area contributed by atoms with E-state index in [1.165, 1.54) is 18.2 Å². The number of alkyl halides is 2. The number of hydrogen-bond donors (Lipinski definition) is 1. The molecular formula is C11H9F3N2O. The van der Waals surface area contributed by atoms with Gasteiger partial charge in [0.2, 0.25) is 0 Å². The lowest BCUT2D eigenvalue weighted by atomic mass is 10.2. The summed E-state index contributed by atoms with van der Waals surface area (Å²) < 4.78 is 39.6. The number of halogens is 3. The molecule has 1 aromatic heterocycles. The van der Waals surface area contributed by atoms with Gasteiger partial charge in [0.15, 0.2) is 0 Å². The van der Waals surface area contributed by atoms with E-state index in [9.17, 15) is 13.2 Å². The van der Waals surface area contributed by atoms with Crippen molar-refractivity contribution in [2.75, 3.05) is 0 Å². The van der Waals surface area contributed by atoms with E-state index >= 15 is 0 Å². The molecule has 0 atom stereocenters. The smallest absolute Gasteiger partial charge is 0.280 e. The molecule has 2 aromatic rings. The lowest BCUT2D eigenvalue weighted by molar-refractivity contribution is 0.138. The van der Waals surface area contributed by atoms with Crippen molar-refractivity contribution < 1.29 is 18.3 Å². The van der Waals surface area contributed by atoms with Gasteiger partial charge in [0.25, 0.3) is 6.43 Å². The van der Waals surface area contributed by atoms with Gasteiger partial charge in [-0.1, -0.05) is 6.07 Å². The number of nitrogens with zero attached hydrogens (tertiary/aromatic N) is 2. The first-order chi connectivity index (χ1) is 8.13. The second-order valence-corrected chi connectivity index (χ2v) is 3.41. The maximum absolute atomic E-state index is 13.0. The summed E-state index contributed by atoms with van der Waals surface area (Å²) in [4.78, 5) is 0. The minimum absolute atomic E-state index is 0.0317. The SMILES string of the molecule is OCc1cnn(-c2cccc(F)c2)c1C(F)F. The van der Waals surface area contributed by atoms with Gasteiger partial charge in [-0.15, -0.1) is 0 Å². The van der Waals surface area contributed by atoms with Crippen LogP contribution in [-0.4, -0.2) is 14.9 Å². The fraction of sp³-hybridized carbons (Fsp3) is 0.182. The molecule has 90 valence electrons. The molecule has 0 aliphatic rings. The fourth-order valence-electron chi connectivity index (χ4n) is 1.56. The van der Waals surface area contributed by atoms with Crippen LogP contribution in [0.5, 0.6) is 0 Å². The van der Waals surface area contributed by atoms with Crippen molar-refractivity contribution in [1.82, 2.24) is 9.78 Å². The van der Waals surface area contributed by atoms with Gasteiger partial charge in [0.05, 0.1) is 18.5 Å². The molecule has 0 radical (unpaired) electrons. The number of hydrogen-bond acceptors (Lipinski definition) is 2. The van der Waals surface area contributed by atoms with Crippen LogP contribution < -0.4 is 0 Å². The molecule has 0 bridgehead atoms. The van der Waals surface area contributed by atoms with E-state index in [-0.39, 0.29) is 11.3 Å². The number of aliphatic hydroxyl groups excluding tert-OH is 1. The summed E-state index contributed by atoms with van der Waals surface area (Å²) in [5.41, 5.74) is -0.192. The van der Waals surface area contributed by atoms with Gasteiger partial charge in [0.1, 0.15) is 11.5 Å². The first-order valence-corrected chi connectivity index (χ1v) is 4.85. The molecule has 0 fully saturated rings. The Kier molecular flexibility index (Phi) is 3.14. The summed E-state index contributed by atoms with van der Waals surface area (Å²) in [6.07, 6.45) is -1.64. The van der Waals surface area contributed by atoms with Gasteiger partial charge in [-0.05, 0) is 18.2 Å². The molecule has 3 nitrogen and oxygen atoms in total. The summed E-state index contributed by atoms with van der Waals surface area (Å²) in [6.45, 7) is -0.533. The molecule has 0 amide bonds. The van der Waals surface area contributed by atoms with E-state index in [0.717, 1.165) is 16.9 Å². The Bertz CT molecular complexity index is 525. The summed E-state index contributed by atoms with van der Waals surface area (Å²) in [6, 6.07) is 5.17. The number of aromatic nitrogens is 2. The standard InChI is InChI=1S/C11H9F3N2O/c12-8-2-1-3-9(4-8)16-10(11(13)14)7(6-17)5-15-16/h1-5,11,17H,6H2. The molecule has 0 spiro atoms. The normalized spacial score (nSPS) is 11.1. The van der Waals surface area contributed by atoms with Crippen molar-refractivity contribution in [2.45, 2.75) is 13.0 Å². The van der Waals surface area contributed by atoms with Crippen molar-refractivity contribution in [1.29, 1.82) is 0 Å². The minimum atomic E-state index is -2.79. The van der Waals surface area contributed by atoms with Gasteiger partial charge in [-0.2, -0.15) is 5.10 Å². The zero-order valence-corrected chi connectivity index (χ0v) is 8.65. The maximum Gasteiger partial charge on any atom is 0.280 e. The van der Waals surface area contributed by atoms with Crippen LogP contribution in [-0.2, 0) is 6.61 Å². The van der Waals surface area contributed by atoms with E-state index in [2.05, 4.69) is 5.10 Å². The summed E-state index contributed by atoms with van der Waals surface area (Å²) >= 11 is 0. The number of aliphatic hydroxyl groups is 1. The largest absolute Gasteiger partial charge is 0.392 e. The lowest BCUT2D eigenvalue weighted by Gasteiger charge is -2.08. The second-order valence-electron chi connectivity index (χ2n) is 3.41. The van der Waals surface area contributed by atoms with Gasteiger partial charge in [-0.3, -0.25) is 0 Å². The van der Waals surface area contributed by atoms with E-state index in [1.54, 1.807) is 0 Å². The van der Waals surface area contributed by atoms with Crippen molar-refractivity contribution >= 4 is 0 Å². The van der Waals surface area contributed by atoms with Gasteiger partial charge < -0.3 is 5.11 Å². The Morgan fingerprint density at radius 2 is 2.12 bits per heavy atom. The topological polar surface area (TPSA) is 38.1 Å². The highest BCUT2D eigenvalue weighted by Gasteiger charge is 2.20. The predicted molar refractivity (Wildman–Crippen MR) is 54.4 cm³/mol. The Morgan fingerprint density at radius 3 is 2.71 bits per heavy atom. The third-order valence-corrected chi connectivity index (χ3v) is 2.32. The monoisotopic (exact) mass is 242 g/mol.